The van der Waals surface area contributed by atoms with Crippen molar-refractivity contribution in [3.8, 4) is 6.07 Å². The predicted molar refractivity (Wildman–Crippen MR) is 67.8 cm³/mol. The standard InChI is InChI=1S/C14H16N2O/c1-17-9-3-2-7-16-8-6-13-5-4-12(11-15)10-14(13)16/h4-6,8,10H,2-3,7,9H2,1H3. The number of nitrogens with zero attached hydrogens (tertiary/aromatic N) is 2. The largest absolute Gasteiger partial charge is 0.385 e. The third-order valence-corrected chi connectivity index (χ3v) is 2.90. The van der Waals surface area contributed by atoms with Gasteiger partial charge in [0.25, 0.3) is 0 Å². The number of unbranched alkanes of at least 4 members (excludes halogenated alkanes) is 1. The molecule has 0 amide bonds. The van der Waals surface area contributed by atoms with Gasteiger partial charge in [0.05, 0.1) is 11.6 Å². The number of hydrogen-bond donors (Lipinski definition) is 0. The molecule has 0 fully saturated rings. The van der Waals surface area contributed by atoms with Crippen molar-refractivity contribution in [2.45, 2.75) is 19.4 Å². The van der Waals surface area contributed by atoms with Gasteiger partial charge in [-0.05, 0) is 36.4 Å². The molecule has 0 spiro atoms. The van der Waals surface area contributed by atoms with Gasteiger partial charge in [0.15, 0.2) is 0 Å². The number of nitriles is 1. The summed E-state index contributed by atoms with van der Waals surface area (Å²) in [5.74, 6) is 0. The van der Waals surface area contributed by atoms with Crippen LogP contribution in [-0.4, -0.2) is 18.3 Å². The van der Waals surface area contributed by atoms with Crippen LogP contribution in [0.3, 0.4) is 0 Å². The number of fused-ring (bicyclic) bond motifs is 1. The van der Waals surface area contributed by atoms with Gasteiger partial charge in [0.2, 0.25) is 0 Å². The molecule has 3 heteroatoms. The minimum atomic E-state index is 0.717. The third kappa shape index (κ3) is 2.66. The molecule has 0 aliphatic rings. The molecule has 2 rings (SSSR count). The quantitative estimate of drug-likeness (QED) is 0.738. The molecule has 1 aromatic heterocycles. The third-order valence-electron chi connectivity index (χ3n) is 2.90. The van der Waals surface area contributed by atoms with Gasteiger partial charge in [0, 0.05) is 32.0 Å². The average molecular weight is 228 g/mol. The van der Waals surface area contributed by atoms with Gasteiger partial charge in [0.1, 0.15) is 0 Å². The summed E-state index contributed by atoms with van der Waals surface area (Å²) in [4.78, 5) is 0. The Labute approximate surface area is 101 Å². The zero-order valence-corrected chi connectivity index (χ0v) is 10.0. The van der Waals surface area contributed by atoms with E-state index in [9.17, 15) is 0 Å². The summed E-state index contributed by atoms with van der Waals surface area (Å²) >= 11 is 0. The molecular formula is C14H16N2O. The van der Waals surface area contributed by atoms with Crippen LogP contribution in [-0.2, 0) is 11.3 Å². The second kappa shape index (κ2) is 5.51. The molecule has 1 heterocycles. The van der Waals surface area contributed by atoms with Crippen molar-refractivity contribution >= 4 is 10.9 Å². The van der Waals surface area contributed by atoms with Gasteiger partial charge < -0.3 is 9.30 Å². The summed E-state index contributed by atoms with van der Waals surface area (Å²) in [5, 5.41) is 10.1. The highest BCUT2D eigenvalue weighted by Crippen LogP contribution is 2.18. The SMILES string of the molecule is COCCCCn1ccc2ccc(C#N)cc21. The lowest BCUT2D eigenvalue weighted by Crippen LogP contribution is -1.98. The van der Waals surface area contributed by atoms with E-state index in [1.807, 2.05) is 18.2 Å². The number of aromatic nitrogens is 1. The van der Waals surface area contributed by atoms with Crippen LogP contribution < -0.4 is 0 Å². The van der Waals surface area contributed by atoms with Gasteiger partial charge >= 0.3 is 0 Å². The van der Waals surface area contributed by atoms with Gasteiger partial charge in [-0.25, -0.2) is 0 Å². The Morgan fingerprint density at radius 3 is 2.94 bits per heavy atom. The Kier molecular flexibility index (Phi) is 3.79. The molecule has 0 atom stereocenters. The molecule has 0 aliphatic heterocycles. The van der Waals surface area contributed by atoms with Crippen LogP contribution >= 0.6 is 0 Å². The number of rotatable bonds is 5. The molecule has 0 saturated carbocycles. The lowest BCUT2D eigenvalue weighted by molar-refractivity contribution is 0.191. The predicted octanol–water partition coefficient (Wildman–Crippen LogP) is 2.94. The minimum absolute atomic E-state index is 0.717. The zero-order valence-electron chi connectivity index (χ0n) is 10.0. The van der Waals surface area contributed by atoms with Crippen LogP contribution in [0.4, 0.5) is 0 Å². The first kappa shape index (κ1) is 11.7. The first-order valence-electron chi connectivity index (χ1n) is 5.83. The second-order valence-electron chi connectivity index (χ2n) is 4.09. The highest BCUT2D eigenvalue weighted by molar-refractivity contribution is 5.81. The fourth-order valence-electron chi connectivity index (χ4n) is 1.98. The Morgan fingerprint density at radius 1 is 1.29 bits per heavy atom. The first-order valence-corrected chi connectivity index (χ1v) is 5.83. The smallest absolute Gasteiger partial charge is 0.0992 e. The van der Waals surface area contributed by atoms with Crippen molar-refractivity contribution in [2.75, 3.05) is 13.7 Å². The van der Waals surface area contributed by atoms with Crippen molar-refractivity contribution in [1.82, 2.24) is 4.57 Å². The maximum atomic E-state index is 8.90. The van der Waals surface area contributed by atoms with Gasteiger partial charge in [-0.2, -0.15) is 5.26 Å². The molecule has 0 aliphatic carbocycles. The average Bonchev–Trinajstić information content (AvgIpc) is 2.77. The molecule has 0 bridgehead atoms. The molecule has 17 heavy (non-hydrogen) atoms. The highest BCUT2D eigenvalue weighted by Gasteiger charge is 2.01. The van der Waals surface area contributed by atoms with Crippen molar-refractivity contribution in [3.63, 3.8) is 0 Å². The maximum absolute atomic E-state index is 8.90. The Bertz CT molecular complexity index is 537. The first-order chi connectivity index (χ1) is 8.35. The fourth-order valence-corrected chi connectivity index (χ4v) is 1.98. The van der Waals surface area contributed by atoms with E-state index in [4.69, 9.17) is 10.00 Å². The monoisotopic (exact) mass is 228 g/mol. The molecule has 3 nitrogen and oxygen atoms in total. The van der Waals surface area contributed by atoms with Crippen molar-refractivity contribution in [2.24, 2.45) is 0 Å². The molecular weight excluding hydrogens is 212 g/mol. The summed E-state index contributed by atoms with van der Waals surface area (Å²) in [5.41, 5.74) is 1.86. The Balaban J connectivity index is 2.14. The Hall–Kier alpha value is -1.79. The molecule has 2 aromatic rings. The number of aryl methyl sites for hydroxylation is 1. The summed E-state index contributed by atoms with van der Waals surface area (Å²) < 4.78 is 7.23. The van der Waals surface area contributed by atoms with Crippen LogP contribution in [0.15, 0.2) is 30.5 Å². The number of benzene rings is 1. The van der Waals surface area contributed by atoms with E-state index >= 15 is 0 Å². The summed E-state index contributed by atoms with van der Waals surface area (Å²) in [6.45, 7) is 1.78. The van der Waals surface area contributed by atoms with Crippen molar-refractivity contribution in [1.29, 1.82) is 5.26 Å². The van der Waals surface area contributed by atoms with Crippen LogP contribution in [0, 0.1) is 11.3 Å². The van der Waals surface area contributed by atoms with E-state index in [0.717, 1.165) is 31.5 Å². The molecule has 0 N–H and O–H groups in total. The van der Waals surface area contributed by atoms with E-state index in [2.05, 4.69) is 22.9 Å². The summed E-state index contributed by atoms with van der Waals surface area (Å²) in [7, 11) is 1.73. The lowest BCUT2D eigenvalue weighted by Gasteiger charge is -2.05. The maximum Gasteiger partial charge on any atom is 0.0992 e. The molecule has 0 unspecified atom stereocenters. The van der Waals surface area contributed by atoms with E-state index in [-0.39, 0.29) is 0 Å². The van der Waals surface area contributed by atoms with Crippen LogP contribution in [0.2, 0.25) is 0 Å². The van der Waals surface area contributed by atoms with Crippen LogP contribution in [0.5, 0.6) is 0 Å². The Morgan fingerprint density at radius 2 is 2.18 bits per heavy atom. The number of hydrogen-bond acceptors (Lipinski definition) is 2. The highest BCUT2D eigenvalue weighted by atomic mass is 16.5. The van der Waals surface area contributed by atoms with Gasteiger partial charge in [-0.15, -0.1) is 0 Å². The topological polar surface area (TPSA) is 38.0 Å². The number of ether oxygens (including phenoxy) is 1. The molecule has 1 aromatic carbocycles. The van der Waals surface area contributed by atoms with Crippen LogP contribution in [0.25, 0.3) is 10.9 Å². The van der Waals surface area contributed by atoms with Crippen molar-refractivity contribution < 1.29 is 4.74 Å². The van der Waals surface area contributed by atoms with Crippen molar-refractivity contribution in [3.05, 3.63) is 36.0 Å². The number of methoxy groups -OCH3 is 1. The van der Waals surface area contributed by atoms with E-state index in [0.29, 0.717) is 5.56 Å². The molecule has 88 valence electrons. The van der Waals surface area contributed by atoms with Gasteiger partial charge in [-0.1, -0.05) is 6.07 Å². The lowest BCUT2D eigenvalue weighted by atomic mass is 10.2. The zero-order chi connectivity index (χ0) is 12.1. The van der Waals surface area contributed by atoms with E-state index in [1.54, 1.807) is 7.11 Å². The molecule has 0 radical (unpaired) electrons. The summed E-state index contributed by atoms with van der Waals surface area (Å²) in [6, 6.07) is 10.1. The van der Waals surface area contributed by atoms with E-state index in [1.165, 1.54) is 5.39 Å². The minimum Gasteiger partial charge on any atom is -0.385 e. The second-order valence-corrected chi connectivity index (χ2v) is 4.09. The summed E-state index contributed by atoms with van der Waals surface area (Å²) in [6.07, 6.45) is 4.24. The fraction of sp³-hybridized carbons (Fsp3) is 0.357. The molecule has 0 saturated heterocycles. The normalized spacial score (nSPS) is 10.6. The van der Waals surface area contributed by atoms with Crippen LogP contribution in [0.1, 0.15) is 18.4 Å². The van der Waals surface area contributed by atoms with Gasteiger partial charge in [-0.3, -0.25) is 0 Å². The van der Waals surface area contributed by atoms with E-state index < -0.39 is 0 Å².